The van der Waals surface area contributed by atoms with Gasteiger partial charge in [-0.25, -0.2) is 9.97 Å². The van der Waals surface area contributed by atoms with Gasteiger partial charge in [0.2, 0.25) is 5.88 Å². The van der Waals surface area contributed by atoms with E-state index in [0.29, 0.717) is 32.2 Å². The number of rotatable bonds is 9. The fourth-order valence-electron chi connectivity index (χ4n) is 2.79. The lowest BCUT2D eigenvalue weighted by molar-refractivity contribution is 0.212. The molecular formula is C22H27N5O2S. The standard InChI is InChI=1S/C22H27N5O2S/c1-17-26-19(16-30-17)15-27(3)22(23-2)25-14-18-9-10-21(24-13-18)29-12-11-28-20-7-5-4-6-8-20/h4-10,13,16H,11-12,14-15H2,1-3H3,(H,23,25). The summed E-state index contributed by atoms with van der Waals surface area (Å²) in [5.41, 5.74) is 2.09. The third kappa shape index (κ3) is 6.73. The van der Waals surface area contributed by atoms with E-state index in [4.69, 9.17) is 9.47 Å². The van der Waals surface area contributed by atoms with Gasteiger partial charge in [-0.3, -0.25) is 4.99 Å². The Morgan fingerprint density at radius 2 is 1.93 bits per heavy atom. The average Bonchev–Trinajstić information content (AvgIpc) is 3.18. The Morgan fingerprint density at radius 1 is 1.13 bits per heavy atom. The second-order valence-corrected chi connectivity index (χ2v) is 7.69. The number of nitrogens with one attached hydrogen (secondary N) is 1. The Morgan fingerprint density at radius 3 is 2.60 bits per heavy atom. The lowest BCUT2D eigenvalue weighted by atomic mass is 10.3. The first-order valence-electron chi connectivity index (χ1n) is 9.72. The van der Waals surface area contributed by atoms with Crippen molar-refractivity contribution < 1.29 is 9.47 Å². The maximum Gasteiger partial charge on any atom is 0.213 e. The lowest BCUT2D eigenvalue weighted by Crippen LogP contribution is -2.38. The summed E-state index contributed by atoms with van der Waals surface area (Å²) in [7, 11) is 3.77. The van der Waals surface area contributed by atoms with Gasteiger partial charge in [-0.05, 0) is 24.6 Å². The second kappa shape index (κ2) is 11.2. The largest absolute Gasteiger partial charge is 0.490 e. The van der Waals surface area contributed by atoms with Crippen molar-refractivity contribution in [1.29, 1.82) is 0 Å². The molecule has 0 saturated carbocycles. The smallest absolute Gasteiger partial charge is 0.213 e. The van der Waals surface area contributed by atoms with Crippen LogP contribution in [0.2, 0.25) is 0 Å². The van der Waals surface area contributed by atoms with Crippen LogP contribution >= 0.6 is 11.3 Å². The van der Waals surface area contributed by atoms with E-state index < -0.39 is 0 Å². The Hall–Kier alpha value is -3.13. The van der Waals surface area contributed by atoms with Crippen molar-refractivity contribution in [2.24, 2.45) is 4.99 Å². The van der Waals surface area contributed by atoms with Gasteiger partial charge in [0.15, 0.2) is 5.96 Å². The zero-order valence-corrected chi connectivity index (χ0v) is 18.4. The normalized spacial score (nSPS) is 11.2. The number of nitrogens with zero attached hydrogens (tertiary/aromatic N) is 4. The first kappa shape index (κ1) is 21.6. The monoisotopic (exact) mass is 425 g/mol. The Bertz CT molecular complexity index is 928. The van der Waals surface area contributed by atoms with Crippen LogP contribution in [-0.4, -0.2) is 48.1 Å². The third-order valence-corrected chi connectivity index (χ3v) is 5.05. The fraction of sp³-hybridized carbons (Fsp3) is 0.318. The number of thiazole rings is 1. The molecule has 158 valence electrons. The zero-order valence-electron chi connectivity index (χ0n) is 17.5. The van der Waals surface area contributed by atoms with Crippen molar-refractivity contribution in [3.63, 3.8) is 0 Å². The first-order chi connectivity index (χ1) is 14.6. The SMILES string of the molecule is CN=C(NCc1ccc(OCCOc2ccccc2)nc1)N(C)Cc1csc(C)n1. The van der Waals surface area contributed by atoms with E-state index in [1.807, 2.05) is 61.3 Å². The number of ether oxygens (including phenoxy) is 2. The van der Waals surface area contributed by atoms with Crippen molar-refractivity contribution in [3.05, 3.63) is 70.3 Å². The summed E-state index contributed by atoms with van der Waals surface area (Å²) in [6.45, 7) is 4.25. The molecule has 0 amide bonds. The van der Waals surface area contributed by atoms with Gasteiger partial charge < -0.3 is 19.7 Å². The molecular weight excluding hydrogens is 398 g/mol. The highest BCUT2D eigenvalue weighted by molar-refractivity contribution is 7.09. The summed E-state index contributed by atoms with van der Waals surface area (Å²) < 4.78 is 11.3. The number of hydrogen-bond donors (Lipinski definition) is 1. The number of hydrogen-bond acceptors (Lipinski definition) is 6. The summed E-state index contributed by atoms with van der Waals surface area (Å²) in [6, 6.07) is 13.5. The molecule has 7 nitrogen and oxygen atoms in total. The minimum absolute atomic E-state index is 0.438. The van der Waals surface area contributed by atoms with E-state index in [1.54, 1.807) is 24.6 Å². The zero-order chi connectivity index (χ0) is 21.2. The van der Waals surface area contributed by atoms with Gasteiger partial charge in [0.05, 0.1) is 17.2 Å². The van der Waals surface area contributed by atoms with E-state index in [9.17, 15) is 0 Å². The summed E-state index contributed by atoms with van der Waals surface area (Å²) >= 11 is 1.66. The molecule has 0 atom stereocenters. The molecule has 2 heterocycles. The van der Waals surface area contributed by atoms with Gasteiger partial charge in [0.25, 0.3) is 0 Å². The van der Waals surface area contributed by atoms with Crippen molar-refractivity contribution in [1.82, 2.24) is 20.2 Å². The number of aryl methyl sites for hydroxylation is 1. The molecule has 1 N–H and O–H groups in total. The van der Waals surface area contributed by atoms with Crippen LogP contribution < -0.4 is 14.8 Å². The lowest BCUT2D eigenvalue weighted by Gasteiger charge is -2.21. The van der Waals surface area contributed by atoms with Crippen molar-refractivity contribution in [2.75, 3.05) is 27.3 Å². The molecule has 0 unspecified atom stereocenters. The quantitative estimate of drug-likeness (QED) is 0.321. The molecule has 0 aliphatic heterocycles. The molecule has 3 aromatic rings. The van der Waals surface area contributed by atoms with E-state index in [0.717, 1.165) is 28.0 Å². The van der Waals surface area contributed by atoms with Crippen LogP contribution in [0, 0.1) is 6.92 Å². The maximum atomic E-state index is 5.64. The summed E-state index contributed by atoms with van der Waals surface area (Å²) in [6.07, 6.45) is 1.80. The molecule has 0 aliphatic carbocycles. The van der Waals surface area contributed by atoms with Crippen LogP contribution in [0.4, 0.5) is 0 Å². The first-order valence-corrected chi connectivity index (χ1v) is 10.6. The summed E-state index contributed by atoms with van der Waals surface area (Å²) in [4.78, 5) is 15.3. The summed E-state index contributed by atoms with van der Waals surface area (Å²) in [5.74, 6) is 2.22. The van der Waals surface area contributed by atoms with Gasteiger partial charge in [0, 0.05) is 38.3 Å². The fourth-order valence-corrected chi connectivity index (χ4v) is 3.39. The van der Waals surface area contributed by atoms with E-state index >= 15 is 0 Å². The predicted octanol–water partition coefficient (Wildman–Crippen LogP) is 3.51. The van der Waals surface area contributed by atoms with Gasteiger partial charge in [-0.1, -0.05) is 24.3 Å². The minimum atomic E-state index is 0.438. The average molecular weight is 426 g/mol. The molecule has 0 bridgehead atoms. The van der Waals surface area contributed by atoms with E-state index in [2.05, 4.69) is 25.7 Å². The van der Waals surface area contributed by atoms with Gasteiger partial charge in [-0.15, -0.1) is 11.3 Å². The Balaban J connectivity index is 1.40. The molecule has 3 rings (SSSR count). The number of aliphatic imine (C=N–C) groups is 1. The highest BCUT2D eigenvalue weighted by atomic mass is 32.1. The summed E-state index contributed by atoms with van der Waals surface area (Å²) in [5, 5.41) is 6.50. The molecule has 0 spiro atoms. The molecule has 2 aromatic heterocycles. The van der Waals surface area contributed by atoms with Gasteiger partial charge in [0.1, 0.15) is 19.0 Å². The van der Waals surface area contributed by atoms with Crippen LogP contribution in [0.15, 0.2) is 59.0 Å². The van der Waals surface area contributed by atoms with Crippen molar-refractivity contribution >= 4 is 17.3 Å². The van der Waals surface area contributed by atoms with Crippen molar-refractivity contribution in [3.8, 4) is 11.6 Å². The molecule has 0 saturated heterocycles. The highest BCUT2D eigenvalue weighted by Gasteiger charge is 2.09. The Kier molecular flexibility index (Phi) is 8.02. The molecule has 1 aromatic carbocycles. The Labute approximate surface area is 181 Å². The molecule has 8 heteroatoms. The van der Waals surface area contributed by atoms with E-state index in [1.165, 1.54) is 0 Å². The third-order valence-electron chi connectivity index (χ3n) is 4.23. The van der Waals surface area contributed by atoms with Gasteiger partial charge in [-0.2, -0.15) is 0 Å². The highest BCUT2D eigenvalue weighted by Crippen LogP contribution is 2.11. The number of benzene rings is 1. The molecule has 0 fully saturated rings. The maximum absolute atomic E-state index is 5.64. The van der Waals surface area contributed by atoms with Crippen LogP contribution in [0.1, 0.15) is 16.3 Å². The van der Waals surface area contributed by atoms with E-state index in [-0.39, 0.29) is 0 Å². The van der Waals surface area contributed by atoms with Crippen molar-refractivity contribution in [2.45, 2.75) is 20.0 Å². The topological polar surface area (TPSA) is 71.9 Å². The van der Waals surface area contributed by atoms with Crippen LogP contribution in [0.3, 0.4) is 0 Å². The number of aromatic nitrogens is 2. The predicted molar refractivity (Wildman–Crippen MR) is 120 cm³/mol. The second-order valence-electron chi connectivity index (χ2n) is 6.63. The minimum Gasteiger partial charge on any atom is -0.490 e. The number of pyridine rings is 1. The molecule has 0 aliphatic rings. The molecule has 0 radical (unpaired) electrons. The number of guanidine groups is 1. The van der Waals surface area contributed by atoms with Crippen LogP contribution in [0.25, 0.3) is 0 Å². The van der Waals surface area contributed by atoms with Gasteiger partial charge >= 0.3 is 0 Å². The number of para-hydroxylation sites is 1. The van der Waals surface area contributed by atoms with Crippen LogP contribution in [0.5, 0.6) is 11.6 Å². The molecule has 30 heavy (non-hydrogen) atoms. The van der Waals surface area contributed by atoms with Crippen LogP contribution in [-0.2, 0) is 13.1 Å².